The average Bonchev–Trinajstić information content (AvgIpc) is 3.06. The average molecular weight is 499 g/mol. The molecular weight excluding hydrogens is 481 g/mol. The second-order valence-electron chi connectivity index (χ2n) is 6.42. The zero-order valence-corrected chi connectivity index (χ0v) is 17.0. The Balaban J connectivity index is 1.71. The molecule has 28 heavy (non-hydrogen) atoms. The highest BCUT2D eigenvalue weighted by atomic mass is 127. The van der Waals surface area contributed by atoms with Crippen LogP contribution < -0.4 is 16.6 Å². The number of nitrogens with one attached hydrogen (secondary N) is 2. The first kappa shape index (κ1) is 20.4. The van der Waals surface area contributed by atoms with E-state index in [1.54, 1.807) is 24.3 Å². The number of aromatic amines is 1. The van der Waals surface area contributed by atoms with E-state index in [0.29, 0.717) is 21.2 Å². The number of rotatable bonds is 5. The van der Waals surface area contributed by atoms with E-state index in [-0.39, 0.29) is 12.2 Å². The van der Waals surface area contributed by atoms with Gasteiger partial charge in [0.05, 0.1) is 10.5 Å². The van der Waals surface area contributed by atoms with Crippen LogP contribution in [-0.2, 0) is 9.53 Å². The first-order valence-electron chi connectivity index (χ1n) is 8.46. The molecule has 1 aliphatic rings. The molecule has 148 valence electrons. The number of amides is 1. The molecule has 0 saturated carbocycles. The van der Waals surface area contributed by atoms with Crippen molar-refractivity contribution in [3.63, 3.8) is 0 Å². The van der Waals surface area contributed by atoms with Gasteiger partial charge in [-0.2, -0.15) is 0 Å². The van der Waals surface area contributed by atoms with Crippen LogP contribution in [0.4, 0.5) is 5.69 Å². The maximum absolute atomic E-state index is 12.5. The lowest BCUT2D eigenvalue weighted by molar-refractivity contribution is -0.132. The van der Waals surface area contributed by atoms with Crippen molar-refractivity contribution in [3.05, 3.63) is 62.4 Å². The van der Waals surface area contributed by atoms with Crippen LogP contribution in [0.25, 0.3) is 0 Å². The summed E-state index contributed by atoms with van der Waals surface area (Å²) in [6, 6.07) is 6.39. The lowest BCUT2D eigenvalue weighted by atomic mass is 10.1. The minimum absolute atomic E-state index is 0.0162. The van der Waals surface area contributed by atoms with E-state index < -0.39 is 35.6 Å². The Morgan fingerprint density at radius 1 is 1.32 bits per heavy atom. The molecule has 9 nitrogen and oxygen atoms in total. The Labute approximate surface area is 172 Å². The molecule has 0 bridgehead atoms. The molecule has 3 unspecified atom stereocenters. The molecule has 3 rings (SSSR count). The van der Waals surface area contributed by atoms with Gasteiger partial charge >= 0.3 is 5.69 Å². The summed E-state index contributed by atoms with van der Waals surface area (Å²) in [5, 5.41) is 12.8. The first-order valence-corrected chi connectivity index (χ1v) is 9.98. The molecule has 2 aromatic rings. The van der Waals surface area contributed by atoms with Crippen molar-refractivity contribution in [2.45, 2.75) is 31.8 Å². The normalized spacial score (nSPS) is 21.5. The van der Waals surface area contributed by atoms with Gasteiger partial charge in [-0.05, 0) is 31.2 Å². The van der Waals surface area contributed by atoms with Gasteiger partial charge in [0.25, 0.3) is 11.5 Å². The van der Waals surface area contributed by atoms with Crippen molar-refractivity contribution in [2.24, 2.45) is 0 Å². The predicted molar refractivity (Wildman–Crippen MR) is 109 cm³/mol. The topological polar surface area (TPSA) is 130 Å². The number of benzene rings is 1. The summed E-state index contributed by atoms with van der Waals surface area (Å²) in [6.07, 6.45) is -1.82. The van der Waals surface area contributed by atoms with Crippen LogP contribution in [0.1, 0.15) is 28.6 Å². The number of carbonyl (C=O) groups excluding carboxylic acids is 2. The van der Waals surface area contributed by atoms with E-state index in [9.17, 15) is 24.3 Å². The van der Waals surface area contributed by atoms with Crippen molar-refractivity contribution in [2.75, 3.05) is 9.74 Å². The van der Waals surface area contributed by atoms with E-state index >= 15 is 0 Å². The second-order valence-corrected chi connectivity index (χ2v) is 7.18. The summed E-state index contributed by atoms with van der Waals surface area (Å²) in [7, 11) is 0. The van der Waals surface area contributed by atoms with Crippen molar-refractivity contribution in [1.82, 2.24) is 9.55 Å². The van der Waals surface area contributed by atoms with E-state index in [1.807, 2.05) is 22.6 Å². The van der Waals surface area contributed by atoms with Crippen molar-refractivity contribution < 1.29 is 19.4 Å². The molecule has 3 N–H and O–H groups in total. The third-order valence-corrected chi connectivity index (χ3v) is 5.10. The zero-order chi connectivity index (χ0) is 20.4. The fourth-order valence-electron chi connectivity index (χ4n) is 2.89. The number of aromatic nitrogens is 2. The summed E-state index contributed by atoms with van der Waals surface area (Å²) in [5.41, 5.74) is 0.124. The van der Waals surface area contributed by atoms with Crippen LogP contribution in [0, 0.1) is 6.92 Å². The molecule has 1 saturated heterocycles. The number of hydrogen-bond acceptors (Lipinski definition) is 6. The van der Waals surface area contributed by atoms with Crippen LogP contribution in [0.2, 0.25) is 0 Å². The number of Topliss-reactive ketones (excluding diaryl/α,β-unsaturated/α-hetero) is 1. The number of ketones is 1. The number of carbonyl (C=O) groups is 2. The lowest BCUT2D eigenvalue weighted by Crippen LogP contribution is -2.36. The van der Waals surface area contributed by atoms with Gasteiger partial charge in [0.1, 0.15) is 6.23 Å². The number of nitrogens with zero attached hydrogens (tertiary/aromatic N) is 1. The molecule has 2 heterocycles. The van der Waals surface area contributed by atoms with Crippen molar-refractivity contribution in [3.8, 4) is 0 Å². The Morgan fingerprint density at radius 2 is 2.00 bits per heavy atom. The van der Waals surface area contributed by atoms with Crippen LogP contribution in [0.15, 0.2) is 40.1 Å². The molecule has 1 fully saturated rings. The van der Waals surface area contributed by atoms with Gasteiger partial charge in [-0.1, -0.05) is 22.6 Å². The summed E-state index contributed by atoms with van der Waals surface area (Å²) in [4.78, 5) is 49.8. The summed E-state index contributed by atoms with van der Waals surface area (Å²) in [6.45, 7) is 1.54. The summed E-state index contributed by atoms with van der Waals surface area (Å²) in [5.74, 6) is -0.588. The number of H-pyrrole nitrogens is 1. The molecular formula is C18H18IN3O6. The van der Waals surface area contributed by atoms with E-state index in [2.05, 4.69) is 10.3 Å². The van der Waals surface area contributed by atoms with Crippen molar-refractivity contribution >= 4 is 40.0 Å². The highest BCUT2D eigenvalue weighted by Gasteiger charge is 2.40. The van der Waals surface area contributed by atoms with Gasteiger partial charge in [-0.25, -0.2) is 4.79 Å². The minimum atomic E-state index is -1.18. The smallest absolute Gasteiger partial charge is 0.330 e. The largest absolute Gasteiger partial charge is 0.390 e. The van der Waals surface area contributed by atoms with Gasteiger partial charge in [-0.15, -0.1) is 0 Å². The highest BCUT2D eigenvalue weighted by molar-refractivity contribution is 14.1. The predicted octanol–water partition coefficient (Wildman–Crippen LogP) is 0.750. The van der Waals surface area contributed by atoms with E-state index in [1.165, 1.54) is 13.1 Å². The summed E-state index contributed by atoms with van der Waals surface area (Å²) < 4.78 is 7.08. The van der Waals surface area contributed by atoms with Crippen molar-refractivity contribution in [1.29, 1.82) is 0 Å². The molecule has 1 amide bonds. The summed E-state index contributed by atoms with van der Waals surface area (Å²) >= 11 is 1.98. The maximum Gasteiger partial charge on any atom is 0.330 e. The molecule has 1 aliphatic heterocycles. The standard InChI is InChI=1S/C18H18IN3O6/c1-9-8-22(18(27)21-16(9)25)14-6-12(23)15(28-14)17(26)20-11-4-2-10(3-5-11)13(24)7-19/h2-5,8,12,14-15,23H,6-7H2,1H3,(H,20,26)(H,21,25,27). The van der Waals surface area contributed by atoms with Crippen LogP contribution >= 0.6 is 22.6 Å². The first-order chi connectivity index (χ1) is 13.3. The SMILES string of the molecule is Cc1cn(C2CC(O)C(C(=O)Nc3ccc(C(=O)CI)cc3)O2)c(=O)[nH]c1=O. The second kappa shape index (κ2) is 8.37. The van der Waals surface area contributed by atoms with Crippen LogP contribution in [-0.4, -0.2) is 43.0 Å². The van der Waals surface area contributed by atoms with Crippen LogP contribution in [0.5, 0.6) is 0 Å². The number of halogens is 1. The van der Waals surface area contributed by atoms with Gasteiger partial charge in [0.2, 0.25) is 0 Å². The number of aliphatic hydroxyl groups excluding tert-OH is 1. The third-order valence-electron chi connectivity index (χ3n) is 4.41. The number of alkyl halides is 1. The van der Waals surface area contributed by atoms with Gasteiger partial charge < -0.3 is 15.2 Å². The number of aryl methyl sites for hydroxylation is 1. The Bertz CT molecular complexity index is 1010. The fourth-order valence-corrected chi connectivity index (χ4v) is 3.33. The number of aliphatic hydroxyl groups is 1. The monoisotopic (exact) mass is 499 g/mol. The van der Waals surface area contributed by atoms with Gasteiger partial charge in [0.15, 0.2) is 11.9 Å². The minimum Gasteiger partial charge on any atom is -0.390 e. The number of hydrogen-bond donors (Lipinski definition) is 3. The number of ether oxygens (including phenoxy) is 1. The number of anilines is 1. The molecule has 1 aromatic carbocycles. The molecule has 0 aliphatic carbocycles. The Kier molecular flexibility index (Phi) is 6.10. The Morgan fingerprint density at radius 3 is 2.64 bits per heavy atom. The van der Waals surface area contributed by atoms with E-state index in [4.69, 9.17) is 4.74 Å². The Hall–Kier alpha value is -2.31. The molecule has 0 radical (unpaired) electrons. The zero-order valence-electron chi connectivity index (χ0n) is 14.8. The molecule has 10 heteroatoms. The van der Waals surface area contributed by atoms with Gasteiger partial charge in [0, 0.05) is 29.4 Å². The third kappa shape index (κ3) is 4.23. The van der Waals surface area contributed by atoms with Gasteiger partial charge in [-0.3, -0.25) is 23.9 Å². The van der Waals surface area contributed by atoms with E-state index in [0.717, 1.165) is 4.57 Å². The molecule has 3 atom stereocenters. The fraction of sp³-hybridized carbons (Fsp3) is 0.333. The highest BCUT2D eigenvalue weighted by Crippen LogP contribution is 2.28. The molecule has 1 aromatic heterocycles. The molecule has 0 spiro atoms. The van der Waals surface area contributed by atoms with Crippen LogP contribution in [0.3, 0.4) is 0 Å². The maximum atomic E-state index is 12.5. The lowest BCUT2D eigenvalue weighted by Gasteiger charge is -2.16. The quantitative estimate of drug-likeness (QED) is 0.316.